The van der Waals surface area contributed by atoms with Crippen molar-refractivity contribution in [3.63, 3.8) is 0 Å². The van der Waals surface area contributed by atoms with Crippen LogP contribution in [-0.4, -0.2) is 40.9 Å². The number of nitrogens with one attached hydrogen (secondary N) is 1. The maximum absolute atomic E-state index is 11.9. The highest BCUT2D eigenvalue weighted by Gasteiger charge is 2.24. The third kappa shape index (κ3) is 3.15. The van der Waals surface area contributed by atoms with Crippen LogP contribution in [0.25, 0.3) is 11.0 Å². The van der Waals surface area contributed by atoms with Crippen LogP contribution in [0.3, 0.4) is 0 Å². The summed E-state index contributed by atoms with van der Waals surface area (Å²) in [7, 11) is 1.69. The summed E-state index contributed by atoms with van der Waals surface area (Å²) >= 11 is 0. The SMILES string of the molecule is COCCn1c(N2CCCc3ccc(C(=O)NO)cc32)nc2ccccc21. The van der Waals surface area contributed by atoms with Gasteiger partial charge >= 0.3 is 0 Å². The topological polar surface area (TPSA) is 79.6 Å². The fraction of sp³-hybridized carbons (Fsp3) is 0.300. The second-order valence-electron chi connectivity index (χ2n) is 6.58. The Hall–Kier alpha value is -2.90. The Kier molecular flexibility index (Phi) is 4.79. The summed E-state index contributed by atoms with van der Waals surface area (Å²) in [5, 5.41) is 8.97. The van der Waals surface area contributed by atoms with E-state index in [-0.39, 0.29) is 0 Å². The lowest BCUT2D eigenvalue weighted by Gasteiger charge is -2.31. The molecule has 4 rings (SSSR count). The molecule has 0 aliphatic carbocycles. The van der Waals surface area contributed by atoms with Crippen LogP contribution in [0.15, 0.2) is 42.5 Å². The van der Waals surface area contributed by atoms with Crippen molar-refractivity contribution in [2.75, 3.05) is 25.2 Å². The lowest BCUT2D eigenvalue weighted by molar-refractivity contribution is 0.0706. The maximum atomic E-state index is 11.9. The van der Waals surface area contributed by atoms with E-state index in [4.69, 9.17) is 14.9 Å². The van der Waals surface area contributed by atoms with E-state index >= 15 is 0 Å². The summed E-state index contributed by atoms with van der Waals surface area (Å²) in [5.41, 5.74) is 6.24. The summed E-state index contributed by atoms with van der Waals surface area (Å²) in [4.78, 5) is 18.9. The molecule has 7 heteroatoms. The number of benzene rings is 2. The highest BCUT2D eigenvalue weighted by Crippen LogP contribution is 2.35. The normalized spacial score (nSPS) is 13.6. The number of carbonyl (C=O) groups is 1. The molecule has 27 heavy (non-hydrogen) atoms. The molecular formula is C20H22N4O3. The quantitative estimate of drug-likeness (QED) is 0.536. The van der Waals surface area contributed by atoms with E-state index in [1.165, 1.54) is 5.56 Å². The minimum Gasteiger partial charge on any atom is -0.383 e. The second-order valence-corrected chi connectivity index (χ2v) is 6.58. The number of imidazole rings is 1. The second kappa shape index (κ2) is 7.38. The average molecular weight is 366 g/mol. The Morgan fingerprint density at radius 3 is 2.96 bits per heavy atom. The number of amides is 1. The largest absolute Gasteiger partial charge is 0.383 e. The Labute approximate surface area is 157 Å². The van der Waals surface area contributed by atoms with Crippen molar-refractivity contribution in [3.05, 3.63) is 53.6 Å². The minimum absolute atomic E-state index is 0.419. The molecule has 0 fully saturated rings. The maximum Gasteiger partial charge on any atom is 0.274 e. The number of carbonyl (C=O) groups excluding carboxylic acids is 1. The summed E-state index contributed by atoms with van der Waals surface area (Å²) in [6.07, 6.45) is 1.96. The summed E-state index contributed by atoms with van der Waals surface area (Å²) in [6.45, 7) is 2.09. The monoisotopic (exact) mass is 366 g/mol. The first kappa shape index (κ1) is 17.5. The molecule has 3 aromatic rings. The number of para-hydroxylation sites is 2. The standard InChI is InChI=1S/C20H22N4O3/c1-27-12-11-24-17-7-3-2-6-16(17)21-20(24)23-10-4-5-14-8-9-15(13-18(14)23)19(25)22-26/h2-3,6-9,13,26H,4-5,10-12H2,1H3,(H,22,25). The molecule has 2 aromatic carbocycles. The van der Waals surface area contributed by atoms with Crippen molar-refractivity contribution in [1.82, 2.24) is 15.0 Å². The predicted octanol–water partition coefficient (Wildman–Crippen LogP) is 2.89. The van der Waals surface area contributed by atoms with Gasteiger partial charge < -0.3 is 14.2 Å². The zero-order valence-electron chi connectivity index (χ0n) is 15.2. The van der Waals surface area contributed by atoms with E-state index in [0.29, 0.717) is 18.7 Å². The molecule has 0 saturated heterocycles. The van der Waals surface area contributed by atoms with E-state index < -0.39 is 5.91 Å². The lowest BCUT2D eigenvalue weighted by Crippen LogP contribution is -2.28. The summed E-state index contributed by atoms with van der Waals surface area (Å²) < 4.78 is 7.45. The van der Waals surface area contributed by atoms with Gasteiger partial charge in [-0.1, -0.05) is 18.2 Å². The van der Waals surface area contributed by atoms with Crippen molar-refractivity contribution in [1.29, 1.82) is 0 Å². The molecule has 140 valence electrons. The highest BCUT2D eigenvalue weighted by atomic mass is 16.5. The number of fused-ring (bicyclic) bond motifs is 2. The molecule has 0 radical (unpaired) electrons. The Balaban J connectivity index is 1.84. The first-order valence-electron chi connectivity index (χ1n) is 9.02. The van der Waals surface area contributed by atoms with Gasteiger partial charge in [0.1, 0.15) is 0 Å². The molecule has 1 aliphatic heterocycles. The molecule has 7 nitrogen and oxygen atoms in total. The predicted molar refractivity (Wildman–Crippen MR) is 103 cm³/mol. The van der Waals surface area contributed by atoms with E-state index in [0.717, 1.165) is 42.1 Å². The first-order valence-corrected chi connectivity index (χ1v) is 9.02. The Bertz CT molecular complexity index is 983. The van der Waals surface area contributed by atoms with Crippen LogP contribution in [0.2, 0.25) is 0 Å². The Morgan fingerprint density at radius 1 is 1.30 bits per heavy atom. The average Bonchev–Trinajstić information content (AvgIpc) is 3.09. The number of hydroxylamine groups is 1. The van der Waals surface area contributed by atoms with Crippen LogP contribution < -0.4 is 10.4 Å². The van der Waals surface area contributed by atoms with Crippen LogP contribution in [-0.2, 0) is 17.7 Å². The third-order valence-corrected chi connectivity index (χ3v) is 4.96. The van der Waals surface area contributed by atoms with Gasteiger partial charge in [0, 0.05) is 31.5 Å². The van der Waals surface area contributed by atoms with Crippen LogP contribution in [0.5, 0.6) is 0 Å². The van der Waals surface area contributed by atoms with Crippen LogP contribution in [0.1, 0.15) is 22.3 Å². The molecule has 2 N–H and O–H groups in total. The first-order chi connectivity index (χ1) is 13.2. The number of ether oxygens (including phenoxy) is 1. The minimum atomic E-state index is -0.517. The summed E-state index contributed by atoms with van der Waals surface area (Å²) in [5.74, 6) is 0.326. The van der Waals surface area contributed by atoms with Gasteiger partial charge in [0.05, 0.1) is 17.6 Å². The molecule has 0 saturated carbocycles. The van der Waals surface area contributed by atoms with Gasteiger partial charge in [-0.2, -0.15) is 0 Å². The van der Waals surface area contributed by atoms with Gasteiger partial charge in [0.25, 0.3) is 5.91 Å². The third-order valence-electron chi connectivity index (χ3n) is 4.96. The van der Waals surface area contributed by atoms with Crippen molar-refractivity contribution in [2.24, 2.45) is 0 Å². The molecular weight excluding hydrogens is 344 g/mol. The molecule has 1 aliphatic rings. The fourth-order valence-electron chi connectivity index (χ4n) is 3.66. The number of nitrogens with zero attached hydrogens (tertiary/aromatic N) is 3. The summed E-state index contributed by atoms with van der Waals surface area (Å²) in [6, 6.07) is 13.6. The highest BCUT2D eigenvalue weighted by molar-refractivity contribution is 5.95. The van der Waals surface area contributed by atoms with Crippen molar-refractivity contribution in [2.45, 2.75) is 19.4 Å². The number of methoxy groups -OCH3 is 1. The number of anilines is 2. The molecule has 0 bridgehead atoms. The van der Waals surface area contributed by atoms with E-state index in [1.807, 2.05) is 30.3 Å². The van der Waals surface area contributed by atoms with Crippen LogP contribution in [0.4, 0.5) is 11.6 Å². The molecule has 0 atom stereocenters. The van der Waals surface area contributed by atoms with Crippen LogP contribution >= 0.6 is 0 Å². The smallest absolute Gasteiger partial charge is 0.274 e. The zero-order valence-corrected chi connectivity index (χ0v) is 15.2. The van der Waals surface area contributed by atoms with E-state index in [2.05, 4.69) is 15.5 Å². The number of hydrogen-bond donors (Lipinski definition) is 2. The lowest BCUT2D eigenvalue weighted by atomic mass is 9.99. The molecule has 2 heterocycles. The molecule has 0 spiro atoms. The van der Waals surface area contributed by atoms with Crippen molar-refractivity contribution >= 4 is 28.6 Å². The van der Waals surface area contributed by atoms with Gasteiger partial charge in [-0.15, -0.1) is 0 Å². The van der Waals surface area contributed by atoms with Gasteiger partial charge in [0.15, 0.2) is 0 Å². The van der Waals surface area contributed by atoms with Gasteiger partial charge in [-0.25, -0.2) is 10.5 Å². The van der Waals surface area contributed by atoms with Crippen LogP contribution in [0, 0.1) is 0 Å². The molecule has 1 amide bonds. The van der Waals surface area contributed by atoms with Crippen molar-refractivity contribution < 1.29 is 14.7 Å². The van der Waals surface area contributed by atoms with E-state index in [9.17, 15) is 4.79 Å². The van der Waals surface area contributed by atoms with E-state index in [1.54, 1.807) is 18.7 Å². The van der Waals surface area contributed by atoms with Gasteiger partial charge in [-0.05, 0) is 42.7 Å². The zero-order chi connectivity index (χ0) is 18.8. The number of hydrogen-bond acceptors (Lipinski definition) is 5. The van der Waals surface area contributed by atoms with Gasteiger partial charge in [-0.3, -0.25) is 10.0 Å². The Morgan fingerprint density at radius 2 is 2.15 bits per heavy atom. The van der Waals surface area contributed by atoms with Crippen molar-refractivity contribution in [3.8, 4) is 0 Å². The van der Waals surface area contributed by atoms with Gasteiger partial charge in [0.2, 0.25) is 5.95 Å². The number of aryl methyl sites for hydroxylation is 1. The number of rotatable bonds is 5. The molecule has 0 unspecified atom stereocenters. The fourth-order valence-corrected chi connectivity index (χ4v) is 3.66. The molecule has 1 aromatic heterocycles. The number of aromatic nitrogens is 2.